The molecule has 3 aromatic rings. The molecule has 1 aromatic heterocycles. The maximum Gasteiger partial charge on any atom is 0.225 e. The Hall–Kier alpha value is -2.40. The first-order chi connectivity index (χ1) is 12.1. The Morgan fingerprint density at radius 1 is 0.960 bits per heavy atom. The van der Waals surface area contributed by atoms with Crippen LogP contribution >= 0.6 is 15.9 Å². The van der Waals surface area contributed by atoms with Gasteiger partial charge in [0.2, 0.25) is 5.95 Å². The predicted molar refractivity (Wildman–Crippen MR) is 109 cm³/mol. The molecular weight excluding hydrogens is 376 g/mol. The van der Waals surface area contributed by atoms with Crippen LogP contribution in [0, 0.1) is 13.8 Å². The van der Waals surface area contributed by atoms with Crippen molar-refractivity contribution in [1.82, 2.24) is 9.97 Å². The molecule has 0 aliphatic carbocycles. The molecular formula is C20H21BrN4. The van der Waals surface area contributed by atoms with E-state index in [0.29, 0.717) is 5.95 Å². The van der Waals surface area contributed by atoms with Gasteiger partial charge in [-0.15, -0.1) is 0 Å². The van der Waals surface area contributed by atoms with Gasteiger partial charge in [0, 0.05) is 28.3 Å². The fraction of sp³-hybridized carbons (Fsp3) is 0.200. The first-order valence-corrected chi connectivity index (χ1v) is 9.08. The van der Waals surface area contributed by atoms with Crippen LogP contribution in [0.3, 0.4) is 0 Å². The number of aromatic nitrogens is 2. The molecule has 0 aliphatic rings. The summed E-state index contributed by atoms with van der Waals surface area (Å²) in [5.41, 5.74) is 5.36. The van der Waals surface area contributed by atoms with E-state index in [1.165, 1.54) is 0 Å². The molecule has 2 N–H and O–H groups in total. The number of aryl methyl sites for hydroxylation is 2. The van der Waals surface area contributed by atoms with Gasteiger partial charge in [0.25, 0.3) is 0 Å². The summed E-state index contributed by atoms with van der Waals surface area (Å²) in [6.45, 7) is 6.98. The summed E-state index contributed by atoms with van der Waals surface area (Å²) < 4.78 is 1.08. The summed E-state index contributed by atoms with van der Waals surface area (Å²) in [4.78, 5) is 9.23. The van der Waals surface area contributed by atoms with Crippen molar-refractivity contribution in [2.75, 3.05) is 17.2 Å². The summed E-state index contributed by atoms with van der Waals surface area (Å²) in [7, 11) is 0. The second kappa shape index (κ2) is 7.66. The van der Waals surface area contributed by atoms with Crippen molar-refractivity contribution in [3.8, 4) is 11.3 Å². The molecule has 0 saturated carbocycles. The summed E-state index contributed by atoms with van der Waals surface area (Å²) in [6, 6.07) is 16.3. The molecule has 0 bridgehead atoms. The number of halogens is 1. The van der Waals surface area contributed by atoms with E-state index < -0.39 is 0 Å². The zero-order chi connectivity index (χ0) is 17.8. The van der Waals surface area contributed by atoms with Crippen LogP contribution in [0.25, 0.3) is 11.3 Å². The van der Waals surface area contributed by atoms with Crippen LogP contribution in [-0.2, 0) is 0 Å². The fourth-order valence-electron chi connectivity index (χ4n) is 2.74. The highest BCUT2D eigenvalue weighted by Crippen LogP contribution is 2.29. The average Bonchev–Trinajstić information content (AvgIpc) is 2.59. The molecule has 25 heavy (non-hydrogen) atoms. The van der Waals surface area contributed by atoms with E-state index in [1.54, 1.807) is 0 Å². The molecule has 5 heteroatoms. The summed E-state index contributed by atoms with van der Waals surface area (Å²) in [6.07, 6.45) is 0. The van der Waals surface area contributed by atoms with Crippen LogP contribution in [0.2, 0.25) is 0 Å². The van der Waals surface area contributed by atoms with Crippen molar-refractivity contribution in [2.45, 2.75) is 20.8 Å². The SMILES string of the molecule is CCNc1nc(Nc2c(C)cc(Br)cc2C)cc(-c2ccccc2)n1. The van der Waals surface area contributed by atoms with Crippen molar-refractivity contribution < 1.29 is 0 Å². The van der Waals surface area contributed by atoms with Gasteiger partial charge in [0.05, 0.1) is 5.69 Å². The van der Waals surface area contributed by atoms with Crippen LogP contribution in [0.5, 0.6) is 0 Å². The Kier molecular flexibility index (Phi) is 5.34. The van der Waals surface area contributed by atoms with Gasteiger partial charge in [-0.1, -0.05) is 46.3 Å². The first kappa shape index (κ1) is 17.4. The van der Waals surface area contributed by atoms with E-state index in [-0.39, 0.29) is 0 Å². The van der Waals surface area contributed by atoms with Crippen molar-refractivity contribution in [3.63, 3.8) is 0 Å². The molecule has 128 valence electrons. The number of anilines is 3. The fourth-order valence-corrected chi connectivity index (χ4v) is 3.43. The summed E-state index contributed by atoms with van der Waals surface area (Å²) in [5.74, 6) is 1.40. The van der Waals surface area contributed by atoms with E-state index in [1.807, 2.05) is 31.2 Å². The van der Waals surface area contributed by atoms with Gasteiger partial charge in [-0.25, -0.2) is 4.98 Å². The Bertz CT molecular complexity index is 855. The van der Waals surface area contributed by atoms with Crippen LogP contribution in [-0.4, -0.2) is 16.5 Å². The molecule has 0 atom stereocenters. The first-order valence-electron chi connectivity index (χ1n) is 8.29. The molecule has 2 aromatic carbocycles. The number of nitrogens with zero attached hydrogens (tertiary/aromatic N) is 2. The van der Waals surface area contributed by atoms with Gasteiger partial charge >= 0.3 is 0 Å². The van der Waals surface area contributed by atoms with Crippen molar-refractivity contribution in [2.24, 2.45) is 0 Å². The highest BCUT2D eigenvalue weighted by molar-refractivity contribution is 9.10. The maximum absolute atomic E-state index is 4.62. The largest absolute Gasteiger partial charge is 0.354 e. The number of hydrogen-bond acceptors (Lipinski definition) is 4. The van der Waals surface area contributed by atoms with E-state index in [2.05, 4.69) is 74.6 Å². The lowest BCUT2D eigenvalue weighted by Crippen LogP contribution is -2.06. The Morgan fingerprint density at radius 3 is 2.28 bits per heavy atom. The lowest BCUT2D eigenvalue weighted by atomic mass is 10.1. The molecule has 0 fully saturated rings. The average molecular weight is 397 g/mol. The monoisotopic (exact) mass is 396 g/mol. The van der Waals surface area contributed by atoms with Gasteiger partial charge in [0.15, 0.2) is 0 Å². The molecule has 3 rings (SSSR count). The number of rotatable bonds is 5. The smallest absolute Gasteiger partial charge is 0.225 e. The molecule has 0 amide bonds. The Labute approximate surface area is 156 Å². The van der Waals surface area contributed by atoms with Crippen molar-refractivity contribution in [1.29, 1.82) is 0 Å². The second-order valence-electron chi connectivity index (χ2n) is 5.90. The van der Waals surface area contributed by atoms with Gasteiger partial charge in [-0.3, -0.25) is 0 Å². The molecule has 0 unspecified atom stereocenters. The standard InChI is InChI=1S/C20H21BrN4/c1-4-22-20-23-17(15-8-6-5-7-9-15)12-18(25-20)24-19-13(2)10-16(21)11-14(19)3/h5-12H,4H2,1-3H3,(H2,22,23,24,25). The van der Waals surface area contributed by atoms with Crippen LogP contribution in [0.4, 0.5) is 17.5 Å². The Balaban J connectivity index is 2.03. The van der Waals surface area contributed by atoms with Crippen molar-refractivity contribution >= 4 is 33.4 Å². The molecule has 1 heterocycles. The maximum atomic E-state index is 4.62. The van der Waals surface area contributed by atoms with Gasteiger partial charge in [-0.05, 0) is 44.0 Å². The number of benzene rings is 2. The van der Waals surface area contributed by atoms with E-state index >= 15 is 0 Å². The minimum Gasteiger partial charge on any atom is -0.354 e. The zero-order valence-electron chi connectivity index (χ0n) is 14.6. The number of hydrogen-bond donors (Lipinski definition) is 2. The number of nitrogens with one attached hydrogen (secondary N) is 2. The van der Waals surface area contributed by atoms with E-state index in [4.69, 9.17) is 0 Å². The quantitative estimate of drug-likeness (QED) is 0.580. The topological polar surface area (TPSA) is 49.8 Å². The minimum atomic E-state index is 0.624. The summed E-state index contributed by atoms with van der Waals surface area (Å²) >= 11 is 3.54. The zero-order valence-corrected chi connectivity index (χ0v) is 16.2. The lowest BCUT2D eigenvalue weighted by Gasteiger charge is -2.15. The minimum absolute atomic E-state index is 0.624. The third-order valence-corrected chi connectivity index (χ3v) is 4.34. The highest BCUT2D eigenvalue weighted by atomic mass is 79.9. The van der Waals surface area contributed by atoms with Gasteiger partial charge in [0.1, 0.15) is 5.82 Å². The van der Waals surface area contributed by atoms with Crippen molar-refractivity contribution in [3.05, 3.63) is 64.1 Å². The lowest BCUT2D eigenvalue weighted by molar-refractivity contribution is 1.09. The normalized spacial score (nSPS) is 10.6. The molecule has 0 saturated heterocycles. The van der Waals surface area contributed by atoms with E-state index in [0.717, 1.165) is 44.9 Å². The highest BCUT2D eigenvalue weighted by Gasteiger charge is 2.10. The molecule has 4 nitrogen and oxygen atoms in total. The molecule has 0 radical (unpaired) electrons. The third-order valence-electron chi connectivity index (χ3n) is 3.88. The molecule has 0 aliphatic heterocycles. The van der Waals surface area contributed by atoms with Gasteiger partial charge in [-0.2, -0.15) is 4.98 Å². The third kappa shape index (κ3) is 4.17. The Morgan fingerprint density at radius 2 is 1.64 bits per heavy atom. The molecule has 0 spiro atoms. The van der Waals surface area contributed by atoms with Crippen LogP contribution in [0.1, 0.15) is 18.1 Å². The van der Waals surface area contributed by atoms with E-state index in [9.17, 15) is 0 Å². The van der Waals surface area contributed by atoms with Crippen LogP contribution < -0.4 is 10.6 Å². The summed E-state index contributed by atoms with van der Waals surface area (Å²) in [5, 5.41) is 6.68. The van der Waals surface area contributed by atoms with Gasteiger partial charge < -0.3 is 10.6 Å². The second-order valence-corrected chi connectivity index (χ2v) is 6.81. The van der Waals surface area contributed by atoms with Crippen LogP contribution in [0.15, 0.2) is 53.0 Å². The predicted octanol–water partition coefficient (Wildman–Crippen LogP) is 5.70.